The standard InChI is InChI=1S/C28H24N4O2/c1-19(20-10-5-3-6-11-20)29-28(33)26-17-24(22-14-9-15-23(16-22)34-2)30-27-18-25(31-32(26)27)21-12-7-4-8-13-21/h3-19H,1-2H3,(H,29,33)/t19-/m0/s1. The number of methoxy groups -OCH3 is 1. The van der Waals surface area contributed by atoms with E-state index in [2.05, 4.69) is 5.32 Å². The summed E-state index contributed by atoms with van der Waals surface area (Å²) < 4.78 is 6.99. The highest BCUT2D eigenvalue weighted by Crippen LogP contribution is 2.26. The maximum atomic E-state index is 13.5. The Bertz CT molecular complexity index is 1450. The number of nitrogens with zero attached hydrogens (tertiary/aromatic N) is 3. The van der Waals surface area contributed by atoms with Gasteiger partial charge in [0.15, 0.2) is 5.65 Å². The Morgan fingerprint density at radius 1 is 0.853 bits per heavy atom. The third-order valence-electron chi connectivity index (χ3n) is 5.74. The van der Waals surface area contributed by atoms with E-state index in [1.165, 1.54) is 0 Å². The quantitative estimate of drug-likeness (QED) is 0.369. The molecular weight excluding hydrogens is 424 g/mol. The number of hydrogen-bond acceptors (Lipinski definition) is 4. The molecule has 6 heteroatoms. The molecule has 1 amide bonds. The fourth-order valence-corrected chi connectivity index (χ4v) is 3.91. The molecule has 0 saturated heterocycles. The fraction of sp³-hybridized carbons (Fsp3) is 0.107. The second-order valence-corrected chi connectivity index (χ2v) is 8.03. The molecule has 5 aromatic rings. The van der Waals surface area contributed by atoms with E-state index >= 15 is 0 Å². The first-order chi connectivity index (χ1) is 16.6. The van der Waals surface area contributed by atoms with Crippen LogP contribution in [0, 0.1) is 0 Å². The number of aromatic nitrogens is 3. The van der Waals surface area contributed by atoms with Gasteiger partial charge in [-0.15, -0.1) is 0 Å². The summed E-state index contributed by atoms with van der Waals surface area (Å²) in [5.41, 5.74) is 5.27. The van der Waals surface area contributed by atoms with Crippen LogP contribution in [0.5, 0.6) is 5.75 Å². The van der Waals surface area contributed by atoms with E-state index in [1.807, 2.05) is 97.9 Å². The Hall–Kier alpha value is -4.45. The number of benzene rings is 3. The summed E-state index contributed by atoms with van der Waals surface area (Å²) in [4.78, 5) is 18.3. The smallest absolute Gasteiger partial charge is 0.270 e. The fourth-order valence-electron chi connectivity index (χ4n) is 3.91. The number of ether oxygens (including phenoxy) is 1. The first-order valence-electron chi connectivity index (χ1n) is 11.1. The lowest BCUT2D eigenvalue weighted by atomic mass is 10.1. The second-order valence-electron chi connectivity index (χ2n) is 8.03. The van der Waals surface area contributed by atoms with Crippen LogP contribution in [0.4, 0.5) is 0 Å². The van der Waals surface area contributed by atoms with Gasteiger partial charge in [0, 0.05) is 17.2 Å². The number of fused-ring (bicyclic) bond motifs is 1. The van der Waals surface area contributed by atoms with E-state index in [9.17, 15) is 4.79 Å². The lowest BCUT2D eigenvalue weighted by Gasteiger charge is -2.15. The second kappa shape index (κ2) is 9.19. The molecule has 3 aromatic carbocycles. The highest BCUT2D eigenvalue weighted by Gasteiger charge is 2.19. The van der Waals surface area contributed by atoms with Crippen LogP contribution in [0.15, 0.2) is 97.1 Å². The van der Waals surface area contributed by atoms with E-state index in [0.29, 0.717) is 17.0 Å². The maximum Gasteiger partial charge on any atom is 0.270 e. The molecule has 0 aliphatic rings. The maximum absolute atomic E-state index is 13.5. The van der Waals surface area contributed by atoms with Crippen molar-refractivity contribution in [2.45, 2.75) is 13.0 Å². The molecule has 0 saturated carbocycles. The number of nitrogens with one attached hydrogen (secondary N) is 1. The topological polar surface area (TPSA) is 68.5 Å². The summed E-state index contributed by atoms with van der Waals surface area (Å²) in [5, 5.41) is 7.82. The minimum absolute atomic E-state index is 0.165. The number of rotatable bonds is 6. The van der Waals surface area contributed by atoms with Crippen LogP contribution in [0.2, 0.25) is 0 Å². The van der Waals surface area contributed by atoms with Gasteiger partial charge in [0.25, 0.3) is 5.91 Å². The molecule has 0 bridgehead atoms. The van der Waals surface area contributed by atoms with Crippen molar-refractivity contribution in [1.82, 2.24) is 19.9 Å². The Labute approximate surface area is 197 Å². The zero-order valence-electron chi connectivity index (χ0n) is 19.0. The van der Waals surface area contributed by atoms with Crippen LogP contribution in [0.25, 0.3) is 28.2 Å². The lowest BCUT2D eigenvalue weighted by molar-refractivity contribution is 0.0932. The molecule has 0 aliphatic heterocycles. The van der Waals surface area contributed by atoms with Crippen molar-refractivity contribution in [3.63, 3.8) is 0 Å². The van der Waals surface area contributed by atoms with Gasteiger partial charge in [-0.2, -0.15) is 5.10 Å². The van der Waals surface area contributed by atoms with Crippen LogP contribution in [-0.2, 0) is 0 Å². The number of carbonyl (C=O) groups is 1. The van der Waals surface area contributed by atoms with Gasteiger partial charge in [0.1, 0.15) is 11.4 Å². The van der Waals surface area contributed by atoms with Gasteiger partial charge >= 0.3 is 0 Å². The molecule has 0 fully saturated rings. The summed E-state index contributed by atoms with van der Waals surface area (Å²) in [6, 6.07) is 30.9. The summed E-state index contributed by atoms with van der Waals surface area (Å²) in [6.07, 6.45) is 0. The number of hydrogen-bond donors (Lipinski definition) is 1. The first-order valence-corrected chi connectivity index (χ1v) is 11.1. The van der Waals surface area contributed by atoms with Gasteiger partial charge in [-0.1, -0.05) is 72.8 Å². The number of carbonyl (C=O) groups excluding carboxylic acids is 1. The van der Waals surface area contributed by atoms with Gasteiger partial charge in [-0.25, -0.2) is 9.50 Å². The molecule has 0 spiro atoms. The molecule has 1 atom stereocenters. The Balaban J connectivity index is 1.61. The van der Waals surface area contributed by atoms with E-state index in [0.717, 1.165) is 28.1 Å². The summed E-state index contributed by atoms with van der Waals surface area (Å²) in [6.45, 7) is 1.97. The van der Waals surface area contributed by atoms with Crippen molar-refractivity contribution in [1.29, 1.82) is 0 Å². The Kier molecular flexibility index (Phi) is 5.79. The molecule has 5 rings (SSSR count). The van der Waals surface area contributed by atoms with Gasteiger partial charge in [-0.05, 0) is 30.7 Å². The molecule has 0 unspecified atom stereocenters. The van der Waals surface area contributed by atoms with E-state index in [-0.39, 0.29) is 11.9 Å². The largest absolute Gasteiger partial charge is 0.497 e. The first kappa shape index (κ1) is 21.4. The van der Waals surface area contributed by atoms with Crippen molar-refractivity contribution < 1.29 is 9.53 Å². The summed E-state index contributed by atoms with van der Waals surface area (Å²) >= 11 is 0. The molecule has 0 radical (unpaired) electrons. The third kappa shape index (κ3) is 4.26. The van der Waals surface area contributed by atoms with Crippen molar-refractivity contribution in [2.24, 2.45) is 0 Å². The zero-order chi connectivity index (χ0) is 23.5. The predicted octanol–water partition coefficient (Wildman–Crippen LogP) is 5.56. The van der Waals surface area contributed by atoms with Crippen LogP contribution < -0.4 is 10.1 Å². The normalized spacial score (nSPS) is 11.8. The SMILES string of the molecule is COc1cccc(-c2cc(C(=O)N[C@@H](C)c3ccccc3)n3nc(-c4ccccc4)cc3n2)c1. The van der Waals surface area contributed by atoms with Crippen LogP contribution in [-0.4, -0.2) is 27.6 Å². The Morgan fingerprint density at radius 2 is 1.56 bits per heavy atom. The van der Waals surface area contributed by atoms with Crippen molar-refractivity contribution in [3.8, 4) is 28.3 Å². The van der Waals surface area contributed by atoms with Crippen molar-refractivity contribution in [2.75, 3.05) is 7.11 Å². The Morgan fingerprint density at radius 3 is 2.29 bits per heavy atom. The van der Waals surface area contributed by atoms with Crippen LogP contribution in [0.3, 0.4) is 0 Å². The lowest BCUT2D eigenvalue weighted by Crippen LogP contribution is -2.28. The third-order valence-corrected chi connectivity index (χ3v) is 5.74. The monoisotopic (exact) mass is 448 g/mol. The molecule has 34 heavy (non-hydrogen) atoms. The van der Waals surface area contributed by atoms with Crippen molar-refractivity contribution >= 4 is 11.6 Å². The van der Waals surface area contributed by atoms with Gasteiger partial charge < -0.3 is 10.1 Å². The molecule has 6 nitrogen and oxygen atoms in total. The molecule has 2 heterocycles. The summed E-state index contributed by atoms with van der Waals surface area (Å²) in [7, 11) is 1.63. The molecular formula is C28H24N4O2. The molecule has 168 valence electrons. The van der Waals surface area contributed by atoms with Crippen LogP contribution >= 0.6 is 0 Å². The van der Waals surface area contributed by atoms with E-state index in [4.69, 9.17) is 14.8 Å². The zero-order valence-corrected chi connectivity index (χ0v) is 19.0. The molecule has 1 N–H and O–H groups in total. The highest BCUT2D eigenvalue weighted by molar-refractivity contribution is 5.94. The average Bonchev–Trinajstić information content (AvgIpc) is 3.33. The van der Waals surface area contributed by atoms with Crippen molar-refractivity contribution in [3.05, 3.63) is 108 Å². The minimum atomic E-state index is -0.226. The summed E-state index contributed by atoms with van der Waals surface area (Å²) in [5.74, 6) is 0.497. The van der Waals surface area contributed by atoms with Crippen LogP contribution in [0.1, 0.15) is 29.0 Å². The highest BCUT2D eigenvalue weighted by atomic mass is 16.5. The molecule has 0 aliphatic carbocycles. The van der Waals surface area contributed by atoms with Gasteiger partial charge in [-0.3, -0.25) is 4.79 Å². The minimum Gasteiger partial charge on any atom is -0.497 e. The number of amides is 1. The van der Waals surface area contributed by atoms with E-state index < -0.39 is 0 Å². The van der Waals surface area contributed by atoms with E-state index in [1.54, 1.807) is 17.7 Å². The van der Waals surface area contributed by atoms with Gasteiger partial charge in [0.05, 0.1) is 24.5 Å². The average molecular weight is 449 g/mol. The van der Waals surface area contributed by atoms with Gasteiger partial charge in [0.2, 0.25) is 0 Å². The molecule has 2 aromatic heterocycles. The predicted molar refractivity (Wildman–Crippen MR) is 133 cm³/mol.